The second kappa shape index (κ2) is 7.88. The standard InChI is InChI=1S/C15H27F3N4O/c1-14(2,12(23)19-3)9-21-13(20-4)22-11-7-5-6-10(8-11)15(16,17)18/h10-11H,5-9H2,1-4H3,(H,19,23)(H2,20,21,22). The lowest BCUT2D eigenvalue weighted by molar-refractivity contribution is -0.183. The first kappa shape index (κ1) is 19.6. The van der Waals surface area contributed by atoms with E-state index in [1.165, 1.54) is 0 Å². The number of halogens is 3. The first-order valence-electron chi connectivity index (χ1n) is 7.86. The average Bonchev–Trinajstić information content (AvgIpc) is 2.49. The van der Waals surface area contributed by atoms with E-state index in [4.69, 9.17) is 0 Å². The number of carbonyl (C=O) groups is 1. The van der Waals surface area contributed by atoms with Crippen molar-refractivity contribution >= 4 is 11.9 Å². The SMILES string of the molecule is CN=C(NCC(C)(C)C(=O)NC)NC1CCCC(C(F)(F)F)C1. The van der Waals surface area contributed by atoms with Crippen LogP contribution < -0.4 is 16.0 Å². The van der Waals surface area contributed by atoms with E-state index >= 15 is 0 Å². The van der Waals surface area contributed by atoms with Crippen LogP contribution in [0.2, 0.25) is 0 Å². The zero-order valence-electron chi connectivity index (χ0n) is 14.2. The molecule has 3 N–H and O–H groups in total. The van der Waals surface area contributed by atoms with Crippen molar-refractivity contribution < 1.29 is 18.0 Å². The summed E-state index contributed by atoms with van der Waals surface area (Å²) in [5.41, 5.74) is -0.645. The molecule has 23 heavy (non-hydrogen) atoms. The van der Waals surface area contributed by atoms with Crippen molar-refractivity contribution in [1.82, 2.24) is 16.0 Å². The lowest BCUT2D eigenvalue weighted by Gasteiger charge is -2.32. The Hall–Kier alpha value is -1.47. The molecule has 0 aliphatic heterocycles. The van der Waals surface area contributed by atoms with Gasteiger partial charge in [-0.2, -0.15) is 13.2 Å². The summed E-state index contributed by atoms with van der Waals surface area (Å²) in [7, 11) is 3.13. The number of carbonyl (C=O) groups excluding carboxylic acids is 1. The Kier molecular flexibility index (Phi) is 6.70. The Morgan fingerprint density at radius 2 is 1.91 bits per heavy atom. The highest BCUT2D eigenvalue weighted by molar-refractivity contribution is 5.84. The van der Waals surface area contributed by atoms with Crippen LogP contribution in [0.15, 0.2) is 4.99 Å². The molecule has 1 rings (SSSR count). The minimum absolute atomic E-state index is 0.0586. The highest BCUT2D eigenvalue weighted by Gasteiger charge is 2.42. The highest BCUT2D eigenvalue weighted by atomic mass is 19.4. The molecule has 8 heteroatoms. The molecule has 1 amide bonds. The third kappa shape index (κ3) is 5.91. The van der Waals surface area contributed by atoms with Crippen LogP contribution in [0.3, 0.4) is 0 Å². The molecule has 0 aromatic carbocycles. The Morgan fingerprint density at radius 3 is 2.43 bits per heavy atom. The van der Waals surface area contributed by atoms with Gasteiger partial charge in [-0.3, -0.25) is 9.79 Å². The normalized spacial score (nSPS) is 23.3. The predicted molar refractivity (Wildman–Crippen MR) is 84.1 cm³/mol. The van der Waals surface area contributed by atoms with Gasteiger partial charge in [0.05, 0.1) is 11.3 Å². The summed E-state index contributed by atoms with van der Waals surface area (Å²) in [6.07, 6.45) is -2.66. The first-order valence-corrected chi connectivity index (χ1v) is 7.86. The number of rotatable bonds is 4. The molecular formula is C15H27F3N4O. The van der Waals surface area contributed by atoms with Gasteiger partial charge in [-0.25, -0.2) is 0 Å². The first-order chi connectivity index (χ1) is 10.6. The number of amides is 1. The Labute approximate surface area is 135 Å². The van der Waals surface area contributed by atoms with E-state index in [0.717, 1.165) is 0 Å². The molecule has 1 fully saturated rings. The summed E-state index contributed by atoms with van der Waals surface area (Å²) >= 11 is 0. The monoisotopic (exact) mass is 336 g/mol. The van der Waals surface area contributed by atoms with Gasteiger partial charge < -0.3 is 16.0 Å². The van der Waals surface area contributed by atoms with Crippen LogP contribution in [0.25, 0.3) is 0 Å². The number of nitrogens with one attached hydrogen (secondary N) is 3. The van der Waals surface area contributed by atoms with Crippen LogP contribution >= 0.6 is 0 Å². The van der Waals surface area contributed by atoms with Crippen molar-refractivity contribution in [2.75, 3.05) is 20.6 Å². The summed E-state index contributed by atoms with van der Waals surface area (Å²) in [5.74, 6) is -0.945. The number of nitrogens with zero attached hydrogens (tertiary/aromatic N) is 1. The van der Waals surface area contributed by atoms with Gasteiger partial charge in [-0.15, -0.1) is 0 Å². The Balaban J connectivity index is 2.55. The number of aliphatic imine (C=N–C) groups is 1. The number of hydrogen-bond acceptors (Lipinski definition) is 2. The van der Waals surface area contributed by atoms with Gasteiger partial charge in [0, 0.05) is 26.7 Å². The molecule has 2 unspecified atom stereocenters. The second-order valence-corrected chi connectivity index (χ2v) is 6.64. The maximum atomic E-state index is 12.8. The van der Waals surface area contributed by atoms with Crippen molar-refractivity contribution in [1.29, 1.82) is 0 Å². The summed E-state index contributed by atoms with van der Waals surface area (Å²) in [6, 6.07) is -0.260. The molecule has 0 saturated heterocycles. The van der Waals surface area contributed by atoms with Crippen LogP contribution in [0, 0.1) is 11.3 Å². The molecule has 2 atom stereocenters. The van der Waals surface area contributed by atoms with Gasteiger partial charge in [-0.05, 0) is 33.1 Å². The van der Waals surface area contributed by atoms with Crippen LogP contribution in [-0.2, 0) is 4.79 Å². The van der Waals surface area contributed by atoms with E-state index in [1.54, 1.807) is 27.9 Å². The van der Waals surface area contributed by atoms with Gasteiger partial charge >= 0.3 is 6.18 Å². The average molecular weight is 336 g/mol. The molecule has 1 saturated carbocycles. The lowest BCUT2D eigenvalue weighted by atomic mass is 9.85. The number of alkyl halides is 3. The maximum Gasteiger partial charge on any atom is 0.391 e. The Bertz CT molecular complexity index is 435. The van der Waals surface area contributed by atoms with Gasteiger partial charge in [0.25, 0.3) is 0 Å². The van der Waals surface area contributed by atoms with E-state index < -0.39 is 17.5 Å². The molecule has 0 aromatic heterocycles. The van der Waals surface area contributed by atoms with Gasteiger partial charge in [-0.1, -0.05) is 6.42 Å². The topological polar surface area (TPSA) is 65.5 Å². The van der Waals surface area contributed by atoms with Crippen molar-refractivity contribution in [3.63, 3.8) is 0 Å². The maximum absolute atomic E-state index is 12.8. The largest absolute Gasteiger partial charge is 0.391 e. The van der Waals surface area contributed by atoms with Gasteiger partial charge in [0.1, 0.15) is 0 Å². The minimum Gasteiger partial charge on any atom is -0.359 e. The van der Waals surface area contributed by atoms with Crippen molar-refractivity contribution in [2.24, 2.45) is 16.3 Å². The van der Waals surface area contributed by atoms with E-state index in [0.29, 0.717) is 25.3 Å². The molecular weight excluding hydrogens is 309 g/mol. The molecule has 0 aromatic rings. The Morgan fingerprint density at radius 1 is 1.26 bits per heavy atom. The quantitative estimate of drug-likeness (QED) is 0.544. The van der Waals surface area contributed by atoms with Gasteiger partial charge in [0.15, 0.2) is 5.96 Å². The summed E-state index contributed by atoms with van der Waals surface area (Å²) in [6.45, 7) is 3.90. The third-order valence-corrected chi connectivity index (χ3v) is 4.24. The summed E-state index contributed by atoms with van der Waals surface area (Å²) in [5, 5.41) is 8.65. The summed E-state index contributed by atoms with van der Waals surface area (Å²) < 4.78 is 38.5. The summed E-state index contributed by atoms with van der Waals surface area (Å²) in [4.78, 5) is 15.8. The van der Waals surface area contributed by atoms with E-state index in [-0.39, 0.29) is 24.8 Å². The second-order valence-electron chi connectivity index (χ2n) is 6.64. The molecule has 0 radical (unpaired) electrons. The van der Waals surface area contributed by atoms with Crippen molar-refractivity contribution in [2.45, 2.75) is 51.7 Å². The van der Waals surface area contributed by atoms with Crippen LogP contribution in [0.5, 0.6) is 0 Å². The molecule has 1 aliphatic rings. The number of guanidine groups is 1. The van der Waals surface area contributed by atoms with Crippen molar-refractivity contribution in [3.05, 3.63) is 0 Å². The molecule has 1 aliphatic carbocycles. The molecule has 0 spiro atoms. The fourth-order valence-electron chi connectivity index (χ4n) is 2.73. The fraction of sp³-hybridized carbons (Fsp3) is 0.867. The van der Waals surface area contributed by atoms with Gasteiger partial charge in [0.2, 0.25) is 5.91 Å². The molecule has 0 heterocycles. The lowest BCUT2D eigenvalue weighted by Crippen LogP contribution is -2.50. The number of hydrogen-bond donors (Lipinski definition) is 3. The van der Waals surface area contributed by atoms with Crippen molar-refractivity contribution in [3.8, 4) is 0 Å². The highest BCUT2D eigenvalue weighted by Crippen LogP contribution is 2.37. The molecule has 0 bridgehead atoms. The van der Waals surface area contributed by atoms with E-state index in [9.17, 15) is 18.0 Å². The smallest absolute Gasteiger partial charge is 0.359 e. The van der Waals surface area contributed by atoms with E-state index in [2.05, 4.69) is 20.9 Å². The predicted octanol–water partition coefficient (Wildman–Crippen LogP) is 2.04. The third-order valence-electron chi connectivity index (χ3n) is 4.24. The van der Waals surface area contributed by atoms with Crippen LogP contribution in [0.1, 0.15) is 39.5 Å². The molecule has 134 valence electrons. The molecule has 5 nitrogen and oxygen atoms in total. The van der Waals surface area contributed by atoms with E-state index in [1.807, 2.05) is 0 Å². The zero-order valence-corrected chi connectivity index (χ0v) is 14.2. The minimum atomic E-state index is -4.14. The van der Waals surface area contributed by atoms with Crippen LogP contribution in [0.4, 0.5) is 13.2 Å². The zero-order chi connectivity index (χ0) is 17.7. The van der Waals surface area contributed by atoms with Crippen LogP contribution in [-0.4, -0.2) is 44.7 Å². The fourth-order valence-corrected chi connectivity index (χ4v) is 2.73.